The molecule has 0 amide bonds. The Kier molecular flexibility index (Phi) is 11.7. The average molecular weight is 971 g/mol. The Morgan fingerprint density at radius 1 is 0.154 bits per heavy atom. The third-order valence-electron chi connectivity index (χ3n) is 10.0. The molecule has 0 bridgehead atoms. The predicted octanol–water partition coefficient (Wildman–Crippen LogP) is 11.5. The van der Waals surface area contributed by atoms with Crippen molar-refractivity contribution in [2.75, 3.05) is 0 Å². The molecule has 0 nitrogen and oxygen atoms in total. The molecule has 0 aliphatic carbocycles. The van der Waals surface area contributed by atoms with E-state index >= 15 is 79.0 Å². The highest BCUT2D eigenvalue weighted by molar-refractivity contribution is 7.12. The highest BCUT2D eigenvalue weighted by atomic mass is 19.2. The van der Waals surface area contributed by atoms with Crippen LogP contribution in [0.4, 0.5) is 119 Å². The highest BCUT2D eigenvalue weighted by Crippen LogP contribution is 2.42. The quantitative estimate of drug-likeness (QED) is 0.0675. The molecular formula is C37H3BF27-. The van der Waals surface area contributed by atoms with E-state index < -0.39 is 220 Å². The summed E-state index contributed by atoms with van der Waals surface area (Å²) in [6, 6.07) is 0. The first-order chi connectivity index (χ1) is 30.0. The molecule has 0 spiro atoms. The van der Waals surface area contributed by atoms with Crippen LogP contribution in [0.25, 0.3) is 33.4 Å². The molecule has 0 aromatic heterocycles. The summed E-state index contributed by atoms with van der Waals surface area (Å²) >= 11 is 0. The van der Waals surface area contributed by atoms with Gasteiger partial charge in [-0.2, -0.15) is 23.2 Å². The van der Waals surface area contributed by atoms with Crippen molar-refractivity contribution in [1.82, 2.24) is 0 Å². The van der Waals surface area contributed by atoms with Gasteiger partial charge in [-0.3, -0.25) is 0 Å². The molecule has 0 radical (unpaired) electrons. The van der Waals surface area contributed by atoms with Crippen molar-refractivity contribution in [3.05, 3.63) is 157 Å². The summed E-state index contributed by atoms with van der Waals surface area (Å²) < 4.78 is 414. The molecule has 0 atom stereocenters. The molecule has 6 aromatic rings. The van der Waals surface area contributed by atoms with Crippen LogP contribution in [0.2, 0.25) is 6.82 Å². The maximum absolute atomic E-state index is 16.7. The zero-order chi connectivity index (χ0) is 49.3. The summed E-state index contributed by atoms with van der Waals surface area (Å²) in [6.07, 6.45) is -6.89. The number of halogens is 27. The zero-order valence-corrected chi connectivity index (χ0v) is 29.8. The molecule has 0 N–H and O–H groups in total. The second-order valence-corrected chi connectivity index (χ2v) is 13.3. The van der Waals surface area contributed by atoms with Crippen molar-refractivity contribution >= 4 is 22.5 Å². The largest absolute Gasteiger partial charge is 0.207 e. The molecular weight excluding hydrogens is 968 g/mol. The van der Waals surface area contributed by atoms with Gasteiger partial charge in [-0.25, -0.2) is 119 Å². The van der Waals surface area contributed by atoms with Crippen molar-refractivity contribution < 1.29 is 119 Å². The van der Waals surface area contributed by atoms with E-state index in [9.17, 15) is 39.5 Å². The lowest BCUT2D eigenvalue weighted by molar-refractivity contribution is 0.379. The van der Waals surface area contributed by atoms with Crippen LogP contribution in [-0.2, 0) is 0 Å². The molecule has 28 heteroatoms. The Bertz CT molecular complexity index is 2730. The van der Waals surface area contributed by atoms with E-state index in [4.69, 9.17) is 0 Å². The van der Waals surface area contributed by atoms with Crippen LogP contribution < -0.4 is 16.4 Å². The van der Waals surface area contributed by atoms with Gasteiger partial charge >= 0.3 is 0 Å². The minimum atomic E-state index is -6.89. The van der Waals surface area contributed by atoms with Gasteiger partial charge in [-0.05, 0) is 16.7 Å². The van der Waals surface area contributed by atoms with Crippen molar-refractivity contribution in [3.8, 4) is 33.4 Å². The second kappa shape index (κ2) is 15.9. The Labute approximate surface area is 338 Å². The smallest absolute Gasteiger partial charge is 0.200 e. The number of hydrogen-bond donors (Lipinski definition) is 0. The summed E-state index contributed by atoms with van der Waals surface area (Å²) in [5, 5.41) is 0. The molecule has 6 aromatic carbocycles. The summed E-state index contributed by atoms with van der Waals surface area (Å²) in [5.41, 5.74) is -30.6. The molecule has 0 unspecified atom stereocenters. The normalized spacial score (nSPS) is 12.0. The minimum absolute atomic E-state index is 0.861. The van der Waals surface area contributed by atoms with E-state index in [1.165, 1.54) is 0 Å². The number of benzene rings is 6. The van der Waals surface area contributed by atoms with E-state index in [0.29, 0.717) is 0 Å². The van der Waals surface area contributed by atoms with Gasteiger partial charge in [0.05, 0.1) is 22.8 Å². The maximum Gasteiger partial charge on any atom is 0.200 e. The monoisotopic (exact) mass is 971 g/mol. The third kappa shape index (κ3) is 6.31. The Balaban J connectivity index is 2.17. The van der Waals surface area contributed by atoms with Crippen molar-refractivity contribution in [3.63, 3.8) is 0 Å². The van der Waals surface area contributed by atoms with E-state index in [1.54, 1.807) is 0 Å². The molecule has 6 rings (SSSR count). The molecule has 0 aliphatic rings. The van der Waals surface area contributed by atoms with E-state index in [1.807, 2.05) is 0 Å². The van der Waals surface area contributed by atoms with Crippen LogP contribution in [0, 0.1) is 157 Å². The topological polar surface area (TPSA) is 0 Å². The van der Waals surface area contributed by atoms with Gasteiger partial charge in [-0.1, -0.05) is 0 Å². The van der Waals surface area contributed by atoms with E-state index in [-0.39, 0.29) is 0 Å². The molecule has 0 saturated carbocycles. The standard InChI is InChI=1S/C37H3BF27/c1-38(8-2(11(39)23(51)32(60)20(8)48)5-14(42)26(54)35(63)27(55)15(5)43,9-3(12(40)24(52)33(61)21(9)49)6-16(44)28(56)36(64)29(57)17(6)45)10-4(13(41)25(53)34(62)22(10)50)7-18(46)30(58)37(65)31(59)19(7)47/h1H3/q-1. The zero-order valence-electron chi connectivity index (χ0n) is 29.8. The first-order valence-electron chi connectivity index (χ1n) is 16.3. The fourth-order valence-electron chi connectivity index (χ4n) is 7.21. The van der Waals surface area contributed by atoms with Crippen LogP contribution in [-0.4, -0.2) is 6.15 Å². The Hall–Kier alpha value is -6.51. The lowest BCUT2D eigenvalue weighted by Crippen LogP contribution is -2.70. The summed E-state index contributed by atoms with van der Waals surface area (Å²) in [4.78, 5) is 0. The van der Waals surface area contributed by atoms with Crippen LogP contribution in [0.3, 0.4) is 0 Å². The number of rotatable bonds is 6. The van der Waals surface area contributed by atoms with Crippen molar-refractivity contribution in [2.45, 2.75) is 6.82 Å². The van der Waals surface area contributed by atoms with Crippen LogP contribution in [0.5, 0.6) is 0 Å². The lowest BCUT2D eigenvalue weighted by Gasteiger charge is -2.44. The molecule has 344 valence electrons. The molecule has 0 aliphatic heterocycles. The molecule has 0 fully saturated rings. The fraction of sp³-hybridized carbons (Fsp3) is 0.0270. The Morgan fingerprint density at radius 2 is 0.262 bits per heavy atom. The van der Waals surface area contributed by atoms with Crippen LogP contribution in [0.1, 0.15) is 0 Å². The SMILES string of the molecule is C[B-](c1c(F)c(F)c(F)c(F)c1-c1c(F)c(F)c(F)c(F)c1F)(c1c(F)c(F)c(F)c(F)c1-c1c(F)c(F)c(F)c(F)c1F)c1c(F)c(F)c(F)c(F)c1-c1c(F)c(F)c(F)c(F)c1F. The first kappa shape index (κ1) is 48.0. The fourth-order valence-corrected chi connectivity index (χ4v) is 7.21. The highest BCUT2D eigenvalue weighted by Gasteiger charge is 2.48. The minimum Gasteiger partial charge on any atom is -0.207 e. The second-order valence-electron chi connectivity index (χ2n) is 13.3. The molecule has 0 heterocycles. The third-order valence-corrected chi connectivity index (χ3v) is 10.0. The van der Waals surface area contributed by atoms with Crippen molar-refractivity contribution in [2.24, 2.45) is 0 Å². The van der Waals surface area contributed by atoms with Crippen molar-refractivity contribution in [1.29, 1.82) is 0 Å². The van der Waals surface area contributed by atoms with E-state index in [0.717, 1.165) is 0 Å². The molecule has 65 heavy (non-hydrogen) atoms. The summed E-state index contributed by atoms with van der Waals surface area (Å²) in [7, 11) is 0. The van der Waals surface area contributed by atoms with Gasteiger partial charge in [0.2, 0.25) is 17.5 Å². The van der Waals surface area contributed by atoms with Gasteiger partial charge in [0.1, 0.15) is 17.5 Å². The van der Waals surface area contributed by atoms with Gasteiger partial charge < -0.3 is 0 Å². The van der Waals surface area contributed by atoms with Crippen LogP contribution >= 0.6 is 0 Å². The van der Waals surface area contributed by atoms with Gasteiger partial charge in [0.15, 0.2) is 122 Å². The van der Waals surface area contributed by atoms with Gasteiger partial charge in [-0.15, -0.1) is 0 Å². The average Bonchev–Trinajstić information content (AvgIpc) is 3.27. The summed E-state index contributed by atoms with van der Waals surface area (Å²) in [6.45, 7) is -0.861. The maximum atomic E-state index is 16.7. The molecule has 0 saturated heterocycles. The summed E-state index contributed by atoms with van der Waals surface area (Å²) in [5.74, 6) is -96.8. The Morgan fingerprint density at radius 3 is 0.415 bits per heavy atom. The van der Waals surface area contributed by atoms with Gasteiger partial charge in [0, 0.05) is 0 Å². The van der Waals surface area contributed by atoms with E-state index in [2.05, 4.69) is 0 Å². The number of hydrogen-bond acceptors (Lipinski definition) is 0. The van der Waals surface area contributed by atoms with Gasteiger partial charge in [0.25, 0.3) is 0 Å². The van der Waals surface area contributed by atoms with Crippen LogP contribution in [0.15, 0.2) is 0 Å². The first-order valence-corrected chi connectivity index (χ1v) is 16.3. The lowest BCUT2D eigenvalue weighted by atomic mass is 9.15. The predicted molar refractivity (Wildman–Crippen MR) is 165 cm³/mol.